The Morgan fingerprint density at radius 1 is 1.20 bits per heavy atom. The van der Waals surface area contributed by atoms with Crippen molar-refractivity contribution in [2.45, 2.75) is 13.8 Å². The first kappa shape index (κ1) is 10.2. The summed E-state index contributed by atoms with van der Waals surface area (Å²) in [4.78, 5) is 4.45. The molecule has 0 saturated heterocycles. The SMILES string of the molecule is CNc1cc(C)nc2c(Cl)cc(C)cc12. The molecule has 0 aliphatic carbocycles. The smallest absolute Gasteiger partial charge is 0.0912 e. The number of aryl methyl sites for hydroxylation is 2. The van der Waals surface area contributed by atoms with Gasteiger partial charge in [-0.25, -0.2) is 0 Å². The highest BCUT2D eigenvalue weighted by Gasteiger charge is 2.06. The van der Waals surface area contributed by atoms with Crippen LogP contribution in [0.1, 0.15) is 11.3 Å². The molecule has 1 aromatic carbocycles. The van der Waals surface area contributed by atoms with Gasteiger partial charge in [-0.15, -0.1) is 0 Å². The second kappa shape index (κ2) is 3.70. The number of anilines is 1. The Morgan fingerprint density at radius 2 is 1.93 bits per heavy atom. The fourth-order valence-electron chi connectivity index (χ4n) is 1.76. The molecule has 0 amide bonds. The van der Waals surface area contributed by atoms with Crippen LogP contribution in [0.3, 0.4) is 0 Å². The van der Waals surface area contributed by atoms with Gasteiger partial charge in [0, 0.05) is 23.8 Å². The molecule has 2 nitrogen and oxygen atoms in total. The summed E-state index contributed by atoms with van der Waals surface area (Å²) in [5.74, 6) is 0. The van der Waals surface area contributed by atoms with E-state index in [2.05, 4.69) is 16.4 Å². The fourth-order valence-corrected chi connectivity index (χ4v) is 2.07. The van der Waals surface area contributed by atoms with Crippen molar-refractivity contribution in [1.82, 2.24) is 4.98 Å². The first-order valence-corrected chi connectivity index (χ1v) is 5.25. The average Bonchev–Trinajstić information content (AvgIpc) is 2.18. The highest BCUT2D eigenvalue weighted by atomic mass is 35.5. The van der Waals surface area contributed by atoms with Crippen molar-refractivity contribution in [2.75, 3.05) is 12.4 Å². The normalized spacial score (nSPS) is 10.7. The van der Waals surface area contributed by atoms with Crippen molar-refractivity contribution in [3.63, 3.8) is 0 Å². The molecule has 0 spiro atoms. The van der Waals surface area contributed by atoms with Crippen LogP contribution < -0.4 is 5.32 Å². The van der Waals surface area contributed by atoms with Gasteiger partial charge in [0.2, 0.25) is 0 Å². The van der Waals surface area contributed by atoms with Crippen LogP contribution in [0.25, 0.3) is 10.9 Å². The highest BCUT2D eigenvalue weighted by molar-refractivity contribution is 6.35. The van der Waals surface area contributed by atoms with Gasteiger partial charge in [0.15, 0.2) is 0 Å². The van der Waals surface area contributed by atoms with Crippen LogP contribution >= 0.6 is 11.6 Å². The zero-order valence-corrected chi connectivity index (χ0v) is 9.81. The zero-order chi connectivity index (χ0) is 11.0. The molecule has 2 rings (SSSR count). The van der Waals surface area contributed by atoms with Crippen LogP contribution in [0.15, 0.2) is 18.2 Å². The Kier molecular flexibility index (Phi) is 2.53. The van der Waals surface area contributed by atoms with Gasteiger partial charge in [-0.2, -0.15) is 0 Å². The molecule has 78 valence electrons. The van der Waals surface area contributed by atoms with Gasteiger partial charge in [0.25, 0.3) is 0 Å². The standard InChI is InChI=1S/C12H13ClN2/c1-7-4-9-11(14-3)6-8(2)15-12(9)10(13)5-7/h4-6H,1-3H3,(H,14,15). The van der Waals surface area contributed by atoms with Crippen molar-refractivity contribution < 1.29 is 0 Å². The Balaban J connectivity index is 2.89. The number of aromatic nitrogens is 1. The van der Waals surface area contributed by atoms with Gasteiger partial charge in [0.05, 0.1) is 10.5 Å². The maximum absolute atomic E-state index is 6.17. The molecule has 0 aliphatic rings. The lowest BCUT2D eigenvalue weighted by atomic mass is 10.1. The minimum atomic E-state index is 0.713. The van der Waals surface area contributed by atoms with Crippen LogP contribution in [-0.4, -0.2) is 12.0 Å². The molecule has 15 heavy (non-hydrogen) atoms. The summed E-state index contributed by atoms with van der Waals surface area (Å²) in [5.41, 5.74) is 4.06. The highest BCUT2D eigenvalue weighted by Crippen LogP contribution is 2.29. The Bertz CT molecular complexity index is 521. The number of pyridine rings is 1. The van der Waals surface area contributed by atoms with E-state index in [0.29, 0.717) is 5.02 Å². The first-order valence-electron chi connectivity index (χ1n) is 4.87. The van der Waals surface area contributed by atoms with Crippen molar-refractivity contribution in [1.29, 1.82) is 0 Å². The van der Waals surface area contributed by atoms with Crippen LogP contribution in [-0.2, 0) is 0 Å². The second-order valence-corrected chi connectivity index (χ2v) is 4.11. The largest absolute Gasteiger partial charge is 0.388 e. The van der Waals surface area contributed by atoms with Crippen LogP contribution in [0.2, 0.25) is 5.02 Å². The summed E-state index contributed by atoms with van der Waals surface area (Å²) in [6.45, 7) is 4.00. The Labute approximate surface area is 94.3 Å². The number of rotatable bonds is 1. The minimum absolute atomic E-state index is 0.713. The lowest BCUT2D eigenvalue weighted by molar-refractivity contribution is 1.25. The molecule has 1 heterocycles. The maximum Gasteiger partial charge on any atom is 0.0912 e. The van der Waals surface area contributed by atoms with E-state index >= 15 is 0 Å². The Hall–Kier alpha value is -1.28. The predicted molar refractivity (Wildman–Crippen MR) is 65.8 cm³/mol. The third kappa shape index (κ3) is 1.77. The minimum Gasteiger partial charge on any atom is -0.388 e. The van der Waals surface area contributed by atoms with E-state index < -0.39 is 0 Å². The monoisotopic (exact) mass is 220 g/mol. The quantitative estimate of drug-likeness (QED) is 0.795. The number of nitrogens with zero attached hydrogens (tertiary/aromatic N) is 1. The fraction of sp³-hybridized carbons (Fsp3) is 0.250. The molecule has 1 N–H and O–H groups in total. The van der Waals surface area contributed by atoms with Crippen molar-refractivity contribution in [3.8, 4) is 0 Å². The molecular formula is C12H13ClN2. The van der Waals surface area contributed by atoms with E-state index in [1.807, 2.05) is 33.0 Å². The number of halogens is 1. The van der Waals surface area contributed by atoms with Crippen molar-refractivity contribution in [3.05, 3.63) is 34.5 Å². The molecule has 2 aromatic rings. The van der Waals surface area contributed by atoms with Gasteiger partial charge >= 0.3 is 0 Å². The molecule has 0 saturated carbocycles. The molecule has 3 heteroatoms. The summed E-state index contributed by atoms with van der Waals surface area (Å²) in [7, 11) is 1.91. The van der Waals surface area contributed by atoms with Gasteiger partial charge < -0.3 is 5.32 Å². The van der Waals surface area contributed by atoms with E-state index in [0.717, 1.165) is 27.8 Å². The molecule has 0 atom stereocenters. The van der Waals surface area contributed by atoms with Gasteiger partial charge in [-0.3, -0.25) is 4.98 Å². The van der Waals surface area contributed by atoms with Gasteiger partial charge in [0.1, 0.15) is 0 Å². The molecule has 1 aromatic heterocycles. The van der Waals surface area contributed by atoms with Crippen molar-refractivity contribution in [2.24, 2.45) is 0 Å². The van der Waals surface area contributed by atoms with Crippen LogP contribution in [0.5, 0.6) is 0 Å². The number of benzene rings is 1. The van der Waals surface area contributed by atoms with E-state index in [1.165, 1.54) is 0 Å². The van der Waals surface area contributed by atoms with Crippen LogP contribution in [0, 0.1) is 13.8 Å². The molecule has 0 unspecified atom stereocenters. The molecule has 0 bridgehead atoms. The number of fused-ring (bicyclic) bond motifs is 1. The number of hydrogen-bond donors (Lipinski definition) is 1. The summed E-state index contributed by atoms with van der Waals surface area (Å²) >= 11 is 6.17. The lowest BCUT2D eigenvalue weighted by Crippen LogP contribution is -1.94. The van der Waals surface area contributed by atoms with E-state index in [4.69, 9.17) is 11.6 Å². The molecular weight excluding hydrogens is 208 g/mol. The molecule has 0 fully saturated rings. The first-order chi connectivity index (χ1) is 7.11. The summed E-state index contributed by atoms with van der Waals surface area (Å²) < 4.78 is 0. The third-order valence-electron chi connectivity index (χ3n) is 2.41. The summed E-state index contributed by atoms with van der Waals surface area (Å²) in [6.07, 6.45) is 0. The predicted octanol–water partition coefficient (Wildman–Crippen LogP) is 3.55. The van der Waals surface area contributed by atoms with Gasteiger partial charge in [-0.05, 0) is 37.6 Å². The number of hydrogen-bond acceptors (Lipinski definition) is 2. The third-order valence-corrected chi connectivity index (χ3v) is 2.70. The van der Waals surface area contributed by atoms with Gasteiger partial charge in [-0.1, -0.05) is 11.6 Å². The molecule has 0 radical (unpaired) electrons. The average molecular weight is 221 g/mol. The van der Waals surface area contributed by atoms with Crippen LogP contribution in [0.4, 0.5) is 5.69 Å². The zero-order valence-electron chi connectivity index (χ0n) is 9.06. The number of nitrogens with one attached hydrogen (secondary N) is 1. The maximum atomic E-state index is 6.17. The summed E-state index contributed by atoms with van der Waals surface area (Å²) in [5, 5.41) is 4.96. The lowest BCUT2D eigenvalue weighted by Gasteiger charge is -2.09. The van der Waals surface area contributed by atoms with E-state index in [9.17, 15) is 0 Å². The topological polar surface area (TPSA) is 24.9 Å². The Morgan fingerprint density at radius 3 is 2.60 bits per heavy atom. The summed E-state index contributed by atoms with van der Waals surface area (Å²) in [6, 6.07) is 6.06. The van der Waals surface area contributed by atoms with Crippen molar-refractivity contribution >= 4 is 28.2 Å². The van der Waals surface area contributed by atoms with E-state index in [1.54, 1.807) is 0 Å². The van der Waals surface area contributed by atoms with E-state index in [-0.39, 0.29) is 0 Å². The molecule has 0 aliphatic heterocycles. The second-order valence-electron chi connectivity index (χ2n) is 3.70.